The molecule has 0 fully saturated rings. The molecule has 2 N–H and O–H groups in total. The molecule has 0 spiro atoms. The smallest absolute Gasteiger partial charge is 0.334 e. The predicted octanol–water partition coefficient (Wildman–Crippen LogP) is 3.95. The predicted molar refractivity (Wildman–Crippen MR) is 96.2 cm³/mol. The molecule has 0 aliphatic heterocycles. The lowest BCUT2D eigenvalue weighted by molar-refractivity contribution is 0.243. The molecular weight excluding hydrogens is 338 g/mol. The molecule has 22 heavy (non-hydrogen) atoms. The highest BCUT2D eigenvalue weighted by molar-refractivity contribution is 7.97. The zero-order valence-corrected chi connectivity index (χ0v) is 14.6. The van der Waals surface area contributed by atoms with E-state index in [4.69, 9.17) is 11.6 Å². The highest BCUT2D eigenvalue weighted by Crippen LogP contribution is 2.24. The highest BCUT2D eigenvalue weighted by Gasteiger charge is 2.11. The lowest BCUT2D eigenvalue weighted by atomic mass is 10.1. The standard InChI is InChI=1S/C15H16ClN3OS2/c1-17-15(20)19-18-14(10-3-5-11(16)6-4-10)13-8-7-12(22-13)9-21-2/h3-8H,9H2,1-2H3,(H2,17,19,20). The van der Waals surface area contributed by atoms with Crippen molar-refractivity contribution < 1.29 is 4.79 Å². The summed E-state index contributed by atoms with van der Waals surface area (Å²) in [7, 11) is 1.55. The highest BCUT2D eigenvalue weighted by atomic mass is 35.5. The van der Waals surface area contributed by atoms with E-state index in [-0.39, 0.29) is 6.03 Å². The average molecular weight is 354 g/mol. The number of hydrogen-bond acceptors (Lipinski definition) is 4. The Morgan fingerprint density at radius 1 is 1.27 bits per heavy atom. The number of carbonyl (C=O) groups excluding carboxylic acids is 1. The molecular formula is C15H16ClN3OS2. The number of hydrogen-bond donors (Lipinski definition) is 2. The molecule has 0 aliphatic carbocycles. The Labute approximate surface area is 143 Å². The molecule has 116 valence electrons. The van der Waals surface area contributed by atoms with E-state index in [0.717, 1.165) is 21.9 Å². The average Bonchev–Trinajstić information content (AvgIpc) is 2.97. The van der Waals surface area contributed by atoms with Crippen molar-refractivity contribution >= 4 is 46.4 Å². The summed E-state index contributed by atoms with van der Waals surface area (Å²) in [5, 5.41) is 7.40. The van der Waals surface area contributed by atoms with E-state index < -0.39 is 0 Å². The minimum atomic E-state index is -0.354. The summed E-state index contributed by atoms with van der Waals surface area (Å²) in [6.07, 6.45) is 2.07. The quantitative estimate of drug-likeness (QED) is 0.631. The lowest BCUT2D eigenvalue weighted by Crippen LogP contribution is -2.29. The summed E-state index contributed by atoms with van der Waals surface area (Å²) in [6, 6.07) is 11.1. The Balaban J connectivity index is 2.35. The van der Waals surface area contributed by atoms with Crippen molar-refractivity contribution in [2.24, 2.45) is 5.10 Å². The second kappa shape index (κ2) is 8.22. The van der Waals surface area contributed by atoms with E-state index in [9.17, 15) is 4.79 Å². The molecule has 0 aliphatic rings. The van der Waals surface area contributed by atoms with Gasteiger partial charge in [-0.05, 0) is 30.5 Å². The van der Waals surface area contributed by atoms with Crippen molar-refractivity contribution in [2.45, 2.75) is 5.75 Å². The van der Waals surface area contributed by atoms with Crippen LogP contribution in [0.1, 0.15) is 15.3 Å². The lowest BCUT2D eigenvalue weighted by Gasteiger charge is -2.06. The molecule has 2 rings (SSSR count). The maximum absolute atomic E-state index is 11.4. The molecule has 0 saturated carbocycles. The third kappa shape index (κ3) is 4.50. The molecule has 0 atom stereocenters. The van der Waals surface area contributed by atoms with Gasteiger partial charge >= 0.3 is 6.03 Å². The van der Waals surface area contributed by atoms with Crippen LogP contribution in [0.25, 0.3) is 0 Å². The first-order chi connectivity index (χ1) is 10.6. The second-order valence-corrected chi connectivity index (χ2v) is 6.83. The van der Waals surface area contributed by atoms with Gasteiger partial charge in [-0.1, -0.05) is 23.7 Å². The number of rotatable bonds is 5. The molecule has 0 radical (unpaired) electrons. The van der Waals surface area contributed by atoms with E-state index in [0.29, 0.717) is 5.02 Å². The van der Waals surface area contributed by atoms with Gasteiger partial charge in [0.15, 0.2) is 0 Å². The first-order valence-corrected chi connectivity index (χ1v) is 9.12. The maximum atomic E-state index is 11.4. The van der Waals surface area contributed by atoms with Crippen LogP contribution in [0.2, 0.25) is 5.02 Å². The summed E-state index contributed by atoms with van der Waals surface area (Å²) in [5.74, 6) is 0.960. The van der Waals surface area contributed by atoms with E-state index in [1.165, 1.54) is 4.88 Å². The number of thiophene rings is 1. The zero-order chi connectivity index (χ0) is 15.9. The summed E-state index contributed by atoms with van der Waals surface area (Å²) in [5.41, 5.74) is 4.11. The van der Waals surface area contributed by atoms with Crippen molar-refractivity contribution in [1.29, 1.82) is 0 Å². The fourth-order valence-electron chi connectivity index (χ4n) is 1.76. The fraction of sp³-hybridized carbons (Fsp3) is 0.200. The van der Waals surface area contributed by atoms with Crippen LogP contribution in [0.15, 0.2) is 41.5 Å². The molecule has 7 heteroatoms. The van der Waals surface area contributed by atoms with Crippen LogP contribution in [-0.2, 0) is 5.75 Å². The van der Waals surface area contributed by atoms with Gasteiger partial charge in [-0.2, -0.15) is 16.9 Å². The molecule has 1 aromatic heterocycles. The van der Waals surface area contributed by atoms with Gasteiger partial charge in [0, 0.05) is 28.3 Å². The van der Waals surface area contributed by atoms with Crippen LogP contribution in [0.3, 0.4) is 0 Å². The summed E-state index contributed by atoms with van der Waals surface area (Å²) >= 11 is 9.38. The van der Waals surface area contributed by atoms with Gasteiger partial charge in [-0.15, -0.1) is 11.3 Å². The number of hydrazone groups is 1. The van der Waals surface area contributed by atoms with Crippen LogP contribution in [0.5, 0.6) is 0 Å². The Morgan fingerprint density at radius 2 is 2.00 bits per heavy atom. The minimum Gasteiger partial charge on any atom is -0.340 e. The van der Waals surface area contributed by atoms with E-state index >= 15 is 0 Å². The number of amides is 2. The zero-order valence-electron chi connectivity index (χ0n) is 12.2. The largest absolute Gasteiger partial charge is 0.340 e. The summed E-state index contributed by atoms with van der Waals surface area (Å²) in [6.45, 7) is 0. The maximum Gasteiger partial charge on any atom is 0.334 e. The van der Waals surface area contributed by atoms with Crippen LogP contribution in [-0.4, -0.2) is 25.0 Å². The fourth-order valence-corrected chi connectivity index (χ4v) is 3.67. The number of urea groups is 1. The van der Waals surface area contributed by atoms with Crippen molar-refractivity contribution in [3.05, 3.63) is 56.7 Å². The first-order valence-electron chi connectivity index (χ1n) is 6.53. The van der Waals surface area contributed by atoms with Crippen molar-refractivity contribution in [1.82, 2.24) is 10.7 Å². The van der Waals surface area contributed by atoms with E-state index in [1.807, 2.05) is 30.3 Å². The van der Waals surface area contributed by atoms with Gasteiger partial charge in [0.25, 0.3) is 0 Å². The van der Waals surface area contributed by atoms with E-state index in [2.05, 4.69) is 28.2 Å². The Hall–Kier alpha value is -1.50. The van der Waals surface area contributed by atoms with Gasteiger partial charge in [0.05, 0.1) is 4.88 Å². The van der Waals surface area contributed by atoms with E-state index in [1.54, 1.807) is 30.1 Å². The molecule has 0 unspecified atom stereocenters. The third-order valence-electron chi connectivity index (χ3n) is 2.80. The van der Waals surface area contributed by atoms with Crippen LogP contribution in [0, 0.1) is 0 Å². The van der Waals surface area contributed by atoms with Crippen molar-refractivity contribution in [3.8, 4) is 0 Å². The molecule has 2 aromatic rings. The molecule has 1 aromatic carbocycles. The number of benzene rings is 1. The van der Waals surface area contributed by atoms with Crippen molar-refractivity contribution in [3.63, 3.8) is 0 Å². The Kier molecular flexibility index (Phi) is 6.30. The molecule has 0 bridgehead atoms. The van der Waals surface area contributed by atoms with Crippen LogP contribution >= 0.6 is 34.7 Å². The normalized spacial score (nSPS) is 11.3. The van der Waals surface area contributed by atoms with Crippen molar-refractivity contribution in [2.75, 3.05) is 13.3 Å². The number of halogens is 1. The van der Waals surface area contributed by atoms with Gasteiger partial charge < -0.3 is 5.32 Å². The van der Waals surface area contributed by atoms with Gasteiger partial charge in [0.1, 0.15) is 5.71 Å². The van der Waals surface area contributed by atoms with Crippen LogP contribution < -0.4 is 10.7 Å². The summed E-state index contributed by atoms with van der Waals surface area (Å²) < 4.78 is 0. The molecule has 4 nitrogen and oxygen atoms in total. The monoisotopic (exact) mass is 353 g/mol. The second-order valence-electron chi connectivity index (χ2n) is 4.36. The molecule has 1 heterocycles. The summed E-state index contributed by atoms with van der Waals surface area (Å²) in [4.78, 5) is 13.7. The van der Waals surface area contributed by atoms with Crippen LogP contribution in [0.4, 0.5) is 4.79 Å². The number of nitrogens with zero attached hydrogens (tertiary/aromatic N) is 1. The van der Waals surface area contributed by atoms with Gasteiger partial charge in [0.2, 0.25) is 0 Å². The number of carbonyl (C=O) groups is 1. The third-order valence-corrected chi connectivity index (χ3v) is 4.92. The Bertz CT molecular complexity index is 668. The topological polar surface area (TPSA) is 53.5 Å². The first kappa shape index (κ1) is 16.9. The Morgan fingerprint density at radius 3 is 2.64 bits per heavy atom. The minimum absolute atomic E-state index is 0.354. The SMILES string of the molecule is CNC(=O)NN=C(c1ccc(Cl)cc1)c1ccc(CSC)s1. The molecule has 2 amide bonds. The molecule has 0 saturated heterocycles. The number of thioether (sulfide) groups is 1. The number of nitrogens with one attached hydrogen (secondary N) is 2. The van der Waals surface area contributed by atoms with Gasteiger partial charge in [-0.25, -0.2) is 10.2 Å². The van der Waals surface area contributed by atoms with Gasteiger partial charge in [-0.3, -0.25) is 0 Å².